The molecule has 0 spiro atoms. The van der Waals surface area contributed by atoms with E-state index >= 15 is 0 Å². The maximum Gasteiger partial charge on any atom is 0.213 e. The summed E-state index contributed by atoms with van der Waals surface area (Å²) in [5.41, 5.74) is 1.23. The van der Waals surface area contributed by atoms with E-state index in [4.69, 9.17) is 4.74 Å². The van der Waals surface area contributed by atoms with Gasteiger partial charge in [0.05, 0.1) is 0 Å². The molecule has 0 heterocycles. The van der Waals surface area contributed by atoms with Crippen LogP contribution in [0.2, 0.25) is 0 Å². The fourth-order valence-corrected chi connectivity index (χ4v) is 2.61. The lowest BCUT2D eigenvalue weighted by Gasteiger charge is -2.24. The Hall–Kier alpha value is -1.42. The fraction of sp³-hybridized carbons (Fsp3) is 0.545. The third-order valence-electron chi connectivity index (χ3n) is 4.35. The summed E-state index contributed by atoms with van der Waals surface area (Å²) in [6, 6.07) is -0.0519. The molecule has 0 aromatic rings. The third-order valence-corrected chi connectivity index (χ3v) is 4.35. The van der Waals surface area contributed by atoms with Crippen LogP contribution in [-0.4, -0.2) is 24.7 Å². The molecule has 0 rings (SSSR count). The van der Waals surface area contributed by atoms with E-state index in [1.54, 1.807) is 0 Å². The summed E-state index contributed by atoms with van der Waals surface area (Å²) in [4.78, 5) is 0. The number of methoxy groups -OCH3 is 1. The van der Waals surface area contributed by atoms with Crippen molar-refractivity contribution >= 4 is 0 Å². The van der Waals surface area contributed by atoms with Crippen LogP contribution in [0.3, 0.4) is 0 Å². The summed E-state index contributed by atoms with van der Waals surface area (Å²) in [5.74, 6) is 0.934. The average Bonchev–Trinajstić information content (AvgIpc) is 2.61. The van der Waals surface area contributed by atoms with E-state index in [-0.39, 0.29) is 6.04 Å². The minimum atomic E-state index is -0.971. The molecule has 0 fully saturated rings. The van der Waals surface area contributed by atoms with Crippen LogP contribution in [-0.2, 0) is 4.74 Å². The van der Waals surface area contributed by atoms with Gasteiger partial charge < -0.3 is 9.84 Å². The molecule has 0 aromatic heterocycles. The van der Waals surface area contributed by atoms with Crippen molar-refractivity contribution in [2.45, 2.75) is 58.9 Å². The van der Waals surface area contributed by atoms with E-state index in [0.717, 1.165) is 25.7 Å². The number of ether oxygens (including phenoxy) is 1. The molecule has 4 unspecified atom stereocenters. The Morgan fingerprint density at radius 3 is 2.40 bits per heavy atom. The van der Waals surface area contributed by atoms with Crippen LogP contribution in [0.5, 0.6) is 0 Å². The molecule has 0 aromatic carbocycles. The molecule has 4 atom stereocenters. The van der Waals surface area contributed by atoms with Crippen molar-refractivity contribution in [3.63, 3.8) is 0 Å². The molecule has 25 heavy (non-hydrogen) atoms. The molecule has 0 aliphatic heterocycles. The van der Waals surface area contributed by atoms with E-state index in [1.807, 2.05) is 12.2 Å². The van der Waals surface area contributed by atoms with Gasteiger partial charge in [0.1, 0.15) is 0 Å². The zero-order valence-electron chi connectivity index (χ0n) is 16.4. The van der Waals surface area contributed by atoms with Gasteiger partial charge in [0.15, 0.2) is 0 Å². The minimum absolute atomic E-state index is 0.0519. The second-order valence-electron chi connectivity index (χ2n) is 6.29. The highest BCUT2D eigenvalue weighted by Gasteiger charge is 2.17. The SMILES string of the molecule is C=CCC(=C)C(C)C(CC=CC)CC=CC(/C=C\CC)NC(O)OC. The predicted octanol–water partition coefficient (Wildman–Crippen LogP) is 5.13. The molecular formula is C22H37NO2. The quantitative estimate of drug-likeness (QED) is 0.338. The Morgan fingerprint density at radius 2 is 1.84 bits per heavy atom. The van der Waals surface area contributed by atoms with Crippen LogP contribution in [0.4, 0.5) is 0 Å². The molecule has 0 aliphatic carbocycles. The van der Waals surface area contributed by atoms with Crippen LogP contribution in [0.25, 0.3) is 0 Å². The lowest BCUT2D eigenvalue weighted by Crippen LogP contribution is -2.37. The summed E-state index contributed by atoms with van der Waals surface area (Å²) in [6.45, 7) is 14.4. The van der Waals surface area contributed by atoms with Gasteiger partial charge in [0.2, 0.25) is 6.41 Å². The first-order valence-electron chi connectivity index (χ1n) is 9.19. The van der Waals surface area contributed by atoms with Gasteiger partial charge in [-0.05, 0) is 44.4 Å². The second-order valence-corrected chi connectivity index (χ2v) is 6.29. The predicted molar refractivity (Wildman–Crippen MR) is 109 cm³/mol. The van der Waals surface area contributed by atoms with Gasteiger partial charge >= 0.3 is 0 Å². The molecule has 0 radical (unpaired) electrons. The second kappa shape index (κ2) is 14.9. The Labute approximate surface area is 154 Å². The van der Waals surface area contributed by atoms with Crippen molar-refractivity contribution in [3.05, 3.63) is 61.3 Å². The maximum absolute atomic E-state index is 9.64. The maximum atomic E-state index is 9.64. The van der Waals surface area contributed by atoms with Crippen molar-refractivity contribution in [2.75, 3.05) is 7.11 Å². The molecular weight excluding hydrogens is 310 g/mol. The van der Waals surface area contributed by atoms with Crippen LogP contribution >= 0.6 is 0 Å². The molecule has 0 bridgehead atoms. The van der Waals surface area contributed by atoms with Crippen molar-refractivity contribution in [3.8, 4) is 0 Å². The summed E-state index contributed by atoms with van der Waals surface area (Å²) in [6.07, 6.45) is 17.5. The van der Waals surface area contributed by atoms with Crippen LogP contribution in [0.1, 0.15) is 46.5 Å². The number of nitrogens with one attached hydrogen (secondary N) is 1. The van der Waals surface area contributed by atoms with E-state index in [9.17, 15) is 5.11 Å². The first kappa shape index (κ1) is 23.6. The summed E-state index contributed by atoms with van der Waals surface area (Å²) in [5, 5.41) is 12.6. The van der Waals surface area contributed by atoms with Gasteiger partial charge in [0, 0.05) is 13.2 Å². The monoisotopic (exact) mass is 347 g/mol. The Bertz CT molecular complexity index is 451. The zero-order chi connectivity index (χ0) is 19.1. The van der Waals surface area contributed by atoms with Crippen LogP contribution in [0, 0.1) is 11.8 Å². The van der Waals surface area contributed by atoms with Gasteiger partial charge in [-0.3, -0.25) is 5.32 Å². The lowest BCUT2D eigenvalue weighted by atomic mass is 9.82. The highest BCUT2D eigenvalue weighted by molar-refractivity contribution is 5.10. The molecule has 0 saturated heterocycles. The number of rotatable bonds is 14. The number of allylic oxidation sites excluding steroid dienone is 6. The molecule has 142 valence electrons. The summed E-state index contributed by atoms with van der Waals surface area (Å²) in [7, 11) is 1.47. The lowest BCUT2D eigenvalue weighted by molar-refractivity contribution is -0.0981. The zero-order valence-corrected chi connectivity index (χ0v) is 16.4. The molecule has 0 aliphatic rings. The van der Waals surface area contributed by atoms with Gasteiger partial charge in [-0.15, -0.1) is 6.58 Å². The number of aliphatic hydroxyl groups excluding tert-OH is 1. The van der Waals surface area contributed by atoms with Crippen LogP contribution < -0.4 is 5.32 Å². The third kappa shape index (κ3) is 10.9. The smallest absolute Gasteiger partial charge is 0.213 e. The molecule has 0 amide bonds. The van der Waals surface area contributed by atoms with Gasteiger partial charge in [-0.1, -0.05) is 68.5 Å². The van der Waals surface area contributed by atoms with Crippen molar-refractivity contribution in [2.24, 2.45) is 11.8 Å². The first-order valence-corrected chi connectivity index (χ1v) is 9.19. The standard InChI is InChI=1S/C22H37NO2/c1-7-10-14-20(19(5)18(4)13-9-3)15-12-17-21(16-11-8-2)23-22(24)25-6/h7,9-12,16-17,19-24H,3-4,8,13-15H2,1-2,5-6H3/b10-7?,16-11-,17-12?. The highest BCUT2D eigenvalue weighted by Crippen LogP contribution is 2.28. The van der Waals surface area contributed by atoms with Gasteiger partial charge in [-0.2, -0.15) is 0 Å². The van der Waals surface area contributed by atoms with Gasteiger partial charge in [0.25, 0.3) is 0 Å². The fourth-order valence-electron chi connectivity index (χ4n) is 2.61. The molecule has 3 nitrogen and oxygen atoms in total. The Morgan fingerprint density at radius 1 is 1.20 bits per heavy atom. The average molecular weight is 348 g/mol. The molecule has 2 N–H and O–H groups in total. The molecule has 3 heteroatoms. The van der Waals surface area contributed by atoms with Crippen molar-refractivity contribution in [1.29, 1.82) is 0 Å². The van der Waals surface area contributed by atoms with Crippen molar-refractivity contribution in [1.82, 2.24) is 5.32 Å². The van der Waals surface area contributed by atoms with E-state index < -0.39 is 6.41 Å². The molecule has 0 saturated carbocycles. The Kier molecular flexibility index (Phi) is 14.0. The summed E-state index contributed by atoms with van der Waals surface area (Å²) < 4.78 is 4.88. The van der Waals surface area contributed by atoms with Crippen molar-refractivity contribution < 1.29 is 9.84 Å². The largest absolute Gasteiger partial charge is 0.356 e. The van der Waals surface area contributed by atoms with E-state index in [1.165, 1.54) is 12.7 Å². The van der Waals surface area contributed by atoms with E-state index in [0.29, 0.717) is 11.8 Å². The van der Waals surface area contributed by atoms with Gasteiger partial charge in [-0.25, -0.2) is 0 Å². The number of hydrogen-bond acceptors (Lipinski definition) is 3. The highest BCUT2D eigenvalue weighted by atomic mass is 16.6. The summed E-state index contributed by atoms with van der Waals surface area (Å²) >= 11 is 0. The normalized spacial score (nSPS) is 17.2. The Balaban J connectivity index is 4.94. The topological polar surface area (TPSA) is 41.5 Å². The minimum Gasteiger partial charge on any atom is -0.356 e. The first-order chi connectivity index (χ1) is 12.0. The number of aliphatic hydroxyl groups is 1. The van der Waals surface area contributed by atoms with E-state index in [2.05, 4.69) is 69.6 Å². The van der Waals surface area contributed by atoms with Crippen LogP contribution in [0.15, 0.2) is 61.3 Å². The number of hydrogen-bond donors (Lipinski definition) is 2.